The van der Waals surface area contributed by atoms with Crippen LogP contribution in [0, 0.1) is 5.92 Å². The van der Waals surface area contributed by atoms with Crippen LogP contribution in [0.2, 0.25) is 0 Å². The van der Waals surface area contributed by atoms with Crippen molar-refractivity contribution in [2.24, 2.45) is 5.92 Å². The molecule has 0 spiro atoms. The molecule has 0 bridgehead atoms. The van der Waals surface area contributed by atoms with Gasteiger partial charge in [0.05, 0.1) is 0 Å². The van der Waals surface area contributed by atoms with Crippen LogP contribution < -0.4 is 5.84 Å². The van der Waals surface area contributed by atoms with Gasteiger partial charge in [0.15, 0.2) is 5.82 Å². The fraction of sp³-hybridized carbons (Fsp3) is 0.667. The Hall–Kier alpha value is -0.710. The summed E-state index contributed by atoms with van der Waals surface area (Å²) in [7, 11) is 0. The molecule has 0 aliphatic carbocycles. The number of nitrogens with two attached hydrogens (primary N) is 1. The molecule has 5 heteroatoms. The smallest absolute Gasteiger partial charge is 0.206 e. The lowest BCUT2D eigenvalue weighted by Crippen LogP contribution is -2.14. The third-order valence-electron chi connectivity index (χ3n) is 1.34. The van der Waals surface area contributed by atoms with Crippen LogP contribution in [0.5, 0.6) is 0 Å². The molecule has 4 nitrogen and oxygen atoms in total. The molecule has 1 heterocycles. The lowest BCUT2D eigenvalue weighted by Gasteiger charge is -2.02. The molecule has 0 saturated heterocycles. The molecule has 0 saturated carbocycles. The van der Waals surface area contributed by atoms with Crippen molar-refractivity contribution in [3.05, 3.63) is 5.82 Å². The molecule has 0 amide bonds. The minimum absolute atomic E-state index is 0.459. The number of nitrogen functional groups attached to an aromatic ring is 1. The summed E-state index contributed by atoms with van der Waals surface area (Å²) in [6, 6.07) is 0. The SMILES string of the molecule is CC(C)Cc1nnc(S)n1N. The Morgan fingerprint density at radius 2 is 2.18 bits per heavy atom. The number of rotatable bonds is 2. The van der Waals surface area contributed by atoms with E-state index in [0.29, 0.717) is 11.1 Å². The summed E-state index contributed by atoms with van der Waals surface area (Å²) >= 11 is 4.01. The van der Waals surface area contributed by atoms with Crippen molar-refractivity contribution in [3.8, 4) is 0 Å². The number of aromatic nitrogens is 3. The second-order valence-electron chi connectivity index (χ2n) is 2.88. The number of thiol groups is 1. The quantitative estimate of drug-likeness (QED) is 0.504. The van der Waals surface area contributed by atoms with Gasteiger partial charge in [-0.2, -0.15) is 0 Å². The highest BCUT2D eigenvalue weighted by Gasteiger charge is 2.07. The fourth-order valence-electron chi connectivity index (χ4n) is 0.819. The summed E-state index contributed by atoms with van der Waals surface area (Å²) in [6.07, 6.45) is 0.837. The molecule has 1 rings (SSSR count). The molecule has 0 unspecified atom stereocenters. The molecule has 0 radical (unpaired) electrons. The first-order valence-corrected chi connectivity index (χ1v) is 3.94. The lowest BCUT2D eigenvalue weighted by atomic mass is 10.1. The molecule has 11 heavy (non-hydrogen) atoms. The topological polar surface area (TPSA) is 56.7 Å². The Bertz CT molecular complexity index is 243. The maximum atomic E-state index is 5.57. The average molecular weight is 172 g/mol. The van der Waals surface area contributed by atoms with Gasteiger partial charge in [0.2, 0.25) is 5.16 Å². The summed E-state index contributed by atoms with van der Waals surface area (Å²) in [5.41, 5.74) is 0. The zero-order chi connectivity index (χ0) is 8.43. The van der Waals surface area contributed by atoms with Gasteiger partial charge in [-0.15, -0.1) is 22.8 Å². The molecule has 62 valence electrons. The van der Waals surface area contributed by atoms with E-state index in [1.165, 1.54) is 4.68 Å². The van der Waals surface area contributed by atoms with Crippen LogP contribution in [0.3, 0.4) is 0 Å². The molecule has 1 aromatic heterocycles. The van der Waals surface area contributed by atoms with E-state index in [1.807, 2.05) is 0 Å². The predicted molar refractivity (Wildman–Crippen MR) is 46.0 cm³/mol. The van der Waals surface area contributed by atoms with E-state index in [9.17, 15) is 0 Å². The maximum absolute atomic E-state index is 5.57. The zero-order valence-corrected chi connectivity index (χ0v) is 7.55. The van der Waals surface area contributed by atoms with Crippen LogP contribution >= 0.6 is 12.6 Å². The van der Waals surface area contributed by atoms with Crippen LogP contribution in [-0.4, -0.2) is 14.9 Å². The minimum Gasteiger partial charge on any atom is -0.336 e. The first kappa shape index (κ1) is 8.39. The number of hydrogen-bond acceptors (Lipinski definition) is 4. The van der Waals surface area contributed by atoms with E-state index >= 15 is 0 Å². The highest BCUT2D eigenvalue weighted by Crippen LogP contribution is 2.06. The fourth-order valence-corrected chi connectivity index (χ4v) is 0.979. The van der Waals surface area contributed by atoms with Gasteiger partial charge < -0.3 is 5.84 Å². The van der Waals surface area contributed by atoms with Crippen molar-refractivity contribution in [1.29, 1.82) is 0 Å². The molecule has 0 aliphatic heterocycles. The first-order valence-electron chi connectivity index (χ1n) is 3.49. The van der Waals surface area contributed by atoms with Crippen LogP contribution in [0.4, 0.5) is 0 Å². The third-order valence-corrected chi connectivity index (χ3v) is 1.64. The average Bonchev–Trinajstić information content (AvgIpc) is 2.18. The molecule has 0 aliphatic rings. The number of nitrogens with zero attached hydrogens (tertiary/aromatic N) is 3. The van der Waals surface area contributed by atoms with Gasteiger partial charge in [0, 0.05) is 6.42 Å². The van der Waals surface area contributed by atoms with Gasteiger partial charge in [0.1, 0.15) is 0 Å². The van der Waals surface area contributed by atoms with Gasteiger partial charge in [0.25, 0.3) is 0 Å². The van der Waals surface area contributed by atoms with Crippen molar-refractivity contribution >= 4 is 12.6 Å². The first-order chi connectivity index (χ1) is 5.11. The van der Waals surface area contributed by atoms with Crippen molar-refractivity contribution in [2.75, 3.05) is 5.84 Å². The molecule has 1 aromatic rings. The Morgan fingerprint density at radius 1 is 1.55 bits per heavy atom. The summed E-state index contributed by atoms with van der Waals surface area (Å²) < 4.78 is 1.41. The Morgan fingerprint density at radius 3 is 2.55 bits per heavy atom. The van der Waals surface area contributed by atoms with E-state index in [0.717, 1.165) is 12.2 Å². The van der Waals surface area contributed by atoms with E-state index < -0.39 is 0 Å². The van der Waals surface area contributed by atoms with Gasteiger partial charge in [-0.05, 0) is 5.92 Å². The van der Waals surface area contributed by atoms with Gasteiger partial charge in [-0.1, -0.05) is 13.8 Å². The summed E-state index contributed by atoms with van der Waals surface area (Å²) in [5, 5.41) is 8.05. The van der Waals surface area contributed by atoms with E-state index in [4.69, 9.17) is 5.84 Å². The second kappa shape index (κ2) is 3.13. The molecule has 0 aromatic carbocycles. The highest BCUT2D eigenvalue weighted by molar-refractivity contribution is 7.80. The van der Waals surface area contributed by atoms with E-state index in [1.54, 1.807) is 0 Å². The largest absolute Gasteiger partial charge is 0.336 e. The Kier molecular flexibility index (Phi) is 2.38. The molecule has 0 atom stereocenters. The molecular weight excluding hydrogens is 160 g/mol. The van der Waals surface area contributed by atoms with Crippen LogP contribution in [-0.2, 0) is 6.42 Å². The van der Waals surface area contributed by atoms with Crippen molar-refractivity contribution in [3.63, 3.8) is 0 Å². The number of hydrogen-bond donors (Lipinski definition) is 2. The molecule has 0 fully saturated rings. The van der Waals surface area contributed by atoms with Crippen LogP contribution in [0.1, 0.15) is 19.7 Å². The molecular formula is C6H12N4S. The maximum Gasteiger partial charge on any atom is 0.206 e. The minimum atomic E-state index is 0.459. The monoisotopic (exact) mass is 172 g/mol. The van der Waals surface area contributed by atoms with Crippen molar-refractivity contribution < 1.29 is 0 Å². The lowest BCUT2D eigenvalue weighted by molar-refractivity contribution is 0.603. The van der Waals surface area contributed by atoms with Gasteiger partial charge >= 0.3 is 0 Å². The van der Waals surface area contributed by atoms with Crippen molar-refractivity contribution in [2.45, 2.75) is 25.4 Å². The second-order valence-corrected chi connectivity index (χ2v) is 3.28. The highest BCUT2D eigenvalue weighted by atomic mass is 32.1. The summed E-state index contributed by atoms with van der Waals surface area (Å²) in [6.45, 7) is 4.21. The van der Waals surface area contributed by atoms with E-state index in [-0.39, 0.29) is 0 Å². The van der Waals surface area contributed by atoms with Crippen LogP contribution in [0.25, 0.3) is 0 Å². The third kappa shape index (κ3) is 1.86. The summed E-state index contributed by atoms with van der Waals surface area (Å²) in [4.78, 5) is 0. The van der Waals surface area contributed by atoms with Gasteiger partial charge in [-0.3, -0.25) is 0 Å². The van der Waals surface area contributed by atoms with Crippen LogP contribution in [0.15, 0.2) is 5.16 Å². The normalized spacial score (nSPS) is 10.9. The van der Waals surface area contributed by atoms with E-state index in [2.05, 4.69) is 36.7 Å². The van der Waals surface area contributed by atoms with Crippen molar-refractivity contribution in [1.82, 2.24) is 14.9 Å². The Balaban J connectivity index is 2.79. The summed E-state index contributed by atoms with van der Waals surface area (Å²) in [5.74, 6) is 6.88. The Labute approximate surface area is 71.2 Å². The zero-order valence-electron chi connectivity index (χ0n) is 6.65. The standard InChI is InChI=1S/C6H12N4S/c1-4(2)3-5-8-9-6(11)10(5)7/h4H,3,7H2,1-2H3,(H,9,11). The predicted octanol–water partition coefficient (Wildman–Crippen LogP) is 0.479. The van der Waals surface area contributed by atoms with Gasteiger partial charge in [-0.25, -0.2) is 4.68 Å². The molecule has 2 N–H and O–H groups in total.